The Morgan fingerprint density at radius 1 is 0.793 bits per heavy atom. The van der Waals surface area contributed by atoms with Crippen LogP contribution >= 0.6 is 0 Å². The van der Waals surface area contributed by atoms with Gasteiger partial charge in [-0.05, 0) is 23.1 Å². The van der Waals surface area contributed by atoms with Crippen LogP contribution in [0.4, 0.5) is 0 Å². The molecule has 0 aliphatic carbocycles. The molecule has 0 spiro atoms. The topological polar surface area (TPSA) is 44.1 Å². The molecule has 3 aromatic rings. The van der Waals surface area contributed by atoms with Crippen molar-refractivity contribution in [3.05, 3.63) is 108 Å². The van der Waals surface area contributed by atoms with Crippen molar-refractivity contribution in [3.63, 3.8) is 0 Å². The molecule has 0 fully saturated rings. The number of nitriles is 1. The van der Waals surface area contributed by atoms with Gasteiger partial charge in [-0.1, -0.05) is 91.0 Å². The third-order valence-electron chi connectivity index (χ3n) is 5.14. The standard InChI is InChI=1S/C26H26N2O/c27-18-10-19-28(26(29)21-22-11-4-1-5-12-22)20-17-25(23-13-6-2-7-14-23)24-15-8-3-9-16-24/h1-9,11-16,25H,10,17,19-21H2. The first-order chi connectivity index (χ1) is 14.3. The zero-order chi connectivity index (χ0) is 20.3. The summed E-state index contributed by atoms with van der Waals surface area (Å²) in [7, 11) is 0. The Hall–Kier alpha value is -3.38. The number of rotatable bonds is 9. The Morgan fingerprint density at radius 2 is 1.31 bits per heavy atom. The maximum atomic E-state index is 12.9. The molecule has 146 valence electrons. The van der Waals surface area contributed by atoms with E-state index in [0.29, 0.717) is 25.9 Å². The Bertz CT molecular complexity index is 878. The Labute approximate surface area is 173 Å². The average Bonchev–Trinajstić information content (AvgIpc) is 2.78. The molecule has 1 amide bonds. The zero-order valence-corrected chi connectivity index (χ0v) is 16.6. The minimum Gasteiger partial charge on any atom is -0.341 e. The summed E-state index contributed by atoms with van der Waals surface area (Å²) in [5.74, 6) is 0.290. The molecule has 0 aliphatic rings. The van der Waals surface area contributed by atoms with Crippen LogP contribution in [-0.4, -0.2) is 23.9 Å². The minimum atomic E-state index is 0.0753. The second-order valence-electron chi connectivity index (χ2n) is 7.11. The van der Waals surface area contributed by atoms with Gasteiger partial charge in [0.2, 0.25) is 5.91 Å². The fourth-order valence-electron chi connectivity index (χ4n) is 3.61. The fraction of sp³-hybridized carbons (Fsp3) is 0.231. The number of carbonyl (C=O) groups is 1. The molecule has 0 saturated heterocycles. The third kappa shape index (κ3) is 6.05. The molecule has 29 heavy (non-hydrogen) atoms. The molecule has 0 bridgehead atoms. The van der Waals surface area contributed by atoms with E-state index in [0.717, 1.165) is 12.0 Å². The van der Waals surface area contributed by atoms with Crippen molar-refractivity contribution in [1.29, 1.82) is 5.26 Å². The third-order valence-corrected chi connectivity index (χ3v) is 5.14. The highest BCUT2D eigenvalue weighted by Gasteiger charge is 2.19. The van der Waals surface area contributed by atoms with Gasteiger partial charge in [0.1, 0.15) is 0 Å². The van der Waals surface area contributed by atoms with Crippen molar-refractivity contribution < 1.29 is 4.79 Å². The molecule has 0 atom stereocenters. The molecular weight excluding hydrogens is 356 g/mol. The quantitative estimate of drug-likeness (QED) is 0.511. The van der Waals surface area contributed by atoms with Crippen molar-refractivity contribution in [3.8, 4) is 6.07 Å². The molecule has 3 nitrogen and oxygen atoms in total. The molecule has 3 aromatic carbocycles. The lowest BCUT2D eigenvalue weighted by molar-refractivity contribution is -0.130. The van der Waals surface area contributed by atoms with E-state index in [1.807, 2.05) is 47.4 Å². The molecule has 0 aromatic heterocycles. The van der Waals surface area contributed by atoms with Gasteiger partial charge in [-0.15, -0.1) is 0 Å². The maximum absolute atomic E-state index is 12.9. The maximum Gasteiger partial charge on any atom is 0.227 e. The largest absolute Gasteiger partial charge is 0.341 e. The summed E-state index contributed by atoms with van der Waals surface area (Å²) in [6.07, 6.45) is 1.54. The molecular formula is C26H26N2O. The molecule has 0 aliphatic heterocycles. The van der Waals surface area contributed by atoms with E-state index in [4.69, 9.17) is 5.26 Å². The highest BCUT2D eigenvalue weighted by molar-refractivity contribution is 5.78. The number of amides is 1. The highest BCUT2D eigenvalue weighted by atomic mass is 16.2. The van der Waals surface area contributed by atoms with E-state index in [1.54, 1.807) is 0 Å². The lowest BCUT2D eigenvalue weighted by Crippen LogP contribution is -2.34. The molecule has 0 heterocycles. The average molecular weight is 383 g/mol. The first kappa shape index (κ1) is 20.4. The molecule has 3 rings (SSSR count). The summed E-state index contributed by atoms with van der Waals surface area (Å²) in [5.41, 5.74) is 3.49. The molecule has 0 saturated carbocycles. The van der Waals surface area contributed by atoms with Gasteiger partial charge < -0.3 is 4.90 Å². The van der Waals surface area contributed by atoms with Crippen molar-refractivity contribution in [2.45, 2.75) is 25.2 Å². The van der Waals surface area contributed by atoms with Gasteiger partial charge in [0.25, 0.3) is 0 Å². The predicted molar refractivity (Wildman–Crippen MR) is 116 cm³/mol. The van der Waals surface area contributed by atoms with Crippen LogP contribution in [0.15, 0.2) is 91.0 Å². The minimum absolute atomic E-state index is 0.0753. The van der Waals surface area contributed by atoms with Crippen molar-refractivity contribution >= 4 is 5.91 Å². The SMILES string of the molecule is N#CCCN(CCC(c1ccccc1)c1ccccc1)C(=O)Cc1ccccc1. The van der Waals surface area contributed by atoms with E-state index in [-0.39, 0.29) is 11.8 Å². The molecule has 0 radical (unpaired) electrons. The lowest BCUT2D eigenvalue weighted by Gasteiger charge is -2.25. The summed E-state index contributed by atoms with van der Waals surface area (Å²) in [4.78, 5) is 14.8. The molecule has 3 heteroatoms. The fourth-order valence-corrected chi connectivity index (χ4v) is 3.61. The van der Waals surface area contributed by atoms with Gasteiger partial charge in [0, 0.05) is 19.0 Å². The van der Waals surface area contributed by atoms with Gasteiger partial charge in [0.15, 0.2) is 0 Å². The Balaban J connectivity index is 1.74. The van der Waals surface area contributed by atoms with E-state index in [2.05, 4.69) is 54.6 Å². The summed E-state index contributed by atoms with van der Waals surface area (Å²) in [6, 6.07) is 32.8. The van der Waals surface area contributed by atoms with E-state index in [9.17, 15) is 4.79 Å². The number of hydrogen-bond acceptors (Lipinski definition) is 2. The van der Waals surface area contributed by atoms with Gasteiger partial charge in [-0.3, -0.25) is 4.79 Å². The monoisotopic (exact) mass is 382 g/mol. The lowest BCUT2D eigenvalue weighted by atomic mass is 9.88. The summed E-state index contributed by atoms with van der Waals surface area (Å²) >= 11 is 0. The molecule has 0 N–H and O–H groups in total. The second-order valence-corrected chi connectivity index (χ2v) is 7.11. The van der Waals surface area contributed by atoms with Crippen LogP contribution in [-0.2, 0) is 11.2 Å². The van der Waals surface area contributed by atoms with E-state index in [1.165, 1.54) is 11.1 Å². The first-order valence-corrected chi connectivity index (χ1v) is 10.1. The van der Waals surface area contributed by atoms with Gasteiger partial charge in [-0.2, -0.15) is 5.26 Å². The smallest absolute Gasteiger partial charge is 0.227 e. The summed E-state index contributed by atoms with van der Waals surface area (Å²) < 4.78 is 0. The number of nitrogens with zero attached hydrogens (tertiary/aromatic N) is 2. The van der Waals surface area contributed by atoms with Crippen LogP contribution in [0.25, 0.3) is 0 Å². The van der Waals surface area contributed by atoms with Gasteiger partial charge >= 0.3 is 0 Å². The van der Waals surface area contributed by atoms with Crippen molar-refractivity contribution in [2.75, 3.05) is 13.1 Å². The number of carbonyl (C=O) groups excluding carboxylic acids is 1. The van der Waals surface area contributed by atoms with Crippen LogP contribution in [0.2, 0.25) is 0 Å². The van der Waals surface area contributed by atoms with Crippen LogP contribution < -0.4 is 0 Å². The Kier molecular flexibility index (Phi) is 7.60. The highest BCUT2D eigenvalue weighted by Crippen LogP contribution is 2.28. The van der Waals surface area contributed by atoms with Crippen LogP contribution in [0.1, 0.15) is 35.4 Å². The number of hydrogen-bond donors (Lipinski definition) is 0. The second kappa shape index (κ2) is 10.8. The number of benzene rings is 3. The van der Waals surface area contributed by atoms with Crippen LogP contribution in [0.3, 0.4) is 0 Å². The zero-order valence-electron chi connectivity index (χ0n) is 16.6. The van der Waals surface area contributed by atoms with Crippen LogP contribution in [0, 0.1) is 11.3 Å². The van der Waals surface area contributed by atoms with Crippen molar-refractivity contribution in [2.24, 2.45) is 0 Å². The summed E-state index contributed by atoms with van der Waals surface area (Å²) in [6.45, 7) is 1.10. The van der Waals surface area contributed by atoms with Gasteiger partial charge in [-0.25, -0.2) is 0 Å². The van der Waals surface area contributed by atoms with Crippen molar-refractivity contribution in [1.82, 2.24) is 4.90 Å². The van der Waals surface area contributed by atoms with Gasteiger partial charge in [0.05, 0.1) is 18.9 Å². The van der Waals surface area contributed by atoms with E-state index < -0.39 is 0 Å². The van der Waals surface area contributed by atoms with E-state index >= 15 is 0 Å². The summed E-state index contributed by atoms with van der Waals surface area (Å²) in [5, 5.41) is 9.03. The first-order valence-electron chi connectivity index (χ1n) is 10.1. The Morgan fingerprint density at radius 3 is 1.83 bits per heavy atom. The molecule has 0 unspecified atom stereocenters. The van der Waals surface area contributed by atoms with Crippen LogP contribution in [0.5, 0.6) is 0 Å². The normalized spacial score (nSPS) is 10.5. The predicted octanol–water partition coefficient (Wildman–Crippen LogP) is 5.19.